The second kappa shape index (κ2) is 11.8. The van der Waals surface area contributed by atoms with E-state index in [9.17, 15) is 43.2 Å². The molecule has 0 radical (unpaired) electrons. The predicted octanol–water partition coefficient (Wildman–Crippen LogP) is 5.61. The van der Waals surface area contributed by atoms with E-state index in [4.69, 9.17) is 23.2 Å². The van der Waals surface area contributed by atoms with Crippen LogP contribution in [0.4, 0.5) is 26.3 Å². The van der Waals surface area contributed by atoms with Crippen molar-refractivity contribution in [1.29, 1.82) is 0 Å². The Labute approximate surface area is 246 Å². The van der Waals surface area contributed by atoms with E-state index in [0.29, 0.717) is 22.7 Å². The quantitative estimate of drug-likeness (QED) is 0.237. The molecule has 1 atom stereocenters. The molecule has 0 saturated heterocycles. The predicted molar refractivity (Wildman–Crippen MR) is 137 cm³/mol. The fourth-order valence-electron chi connectivity index (χ4n) is 3.25. The first-order valence-electron chi connectivity index (χ1n) is 10.5. The van der Waals surface area contributed by atoms with Crippen LogP contribution in [0.25, 0.3) is 0 Å². The zero-order valence-electron chi connectivity index (χ0n) is 20.6. The highest BCUT2D eigenvalue weighted by Gasteiger charge is 2.42. The lowest BCUT2D eigenvalue weighted by Gasteiger charge is -2.12. The molecule has 226 valence electrons. The Morgan fingerprint density at radius 2 is 1.29 bits per heavy atom. The van der Waals surface area contributed by atoms with Crippen LogP contribution in [0.5, 0.6) is 0 Å². The molecule has 41 heavy (non-hydrogen) atoms. The molecule has 4 aromatic rings. The Hall–Kier alpha value is -2.26. The molecule has 0 fully saturated rings. The van der Waals surface area contributed by atoms with Crippen LogP contribution in [-0.2, 0) is 51.9 Å². The summed E-state index contributed by atoms with van der Waals surface area (Å²) < 4.78 is 127. The number of thiazole rings is 2. The van der Waals surface area contributed by atoms with Crippen molar-refractivity contribution in [2.75, 3.05) is 0 Å². The molecule has 0 spiro atoms. The van der Waals surface area contributed by atoms with Crippen LogP contribution in [0.2, 0.25) is 8.67 Å². The van der Waals surface area contributed by atoms with Gasteiger partial charge in [0.25, 0.3) is 0 Å². The molecule has 0 bridgehead atoms. The van der Waals surface area contributed by atoms with Gasteiger partial charge in [-0.2, -0.15) is 36.5 Å². The van der Waals surface area contributed by atoms with E-state index in [-0.39, 0.29) is 17.4 Å². The summed E-state index contributed by atoms with van der Waals surface area (Å²) in [5, 5.41) is 5.11. The van der Waals surface area contributed by atoms with Gasteiger partial charge in [-0.25, -0.2) is 26.8 Å². The Kier molecular flexibility index (Phi) is 9.56. The van der Waals surface area contributed by atoms with E-state index < -0.39 is 65.5 Å². The van der Waals surface area contributed by atoms with Crippen LogP contribution >= 0.6 is 45.9 Å². The van der Waals surface area contributed by atoms with Gasteiger partial charge in [-0.1, -0.05) is 45.9 Å². The number of halogens is 8. The lowest BCUT2D eigenvalue weighted by Crippen LogP contribution is -2.16. The van der Waals surface area contributed by atoms with Crippen molar-refractivity contribution in [2.24, 2.45) is 14.1 Å². The summed E-state index contributed by atoms with van der Waals surface area (Å²) in [7, 11) is -5.49. The number of aryl methyl sites for hydroxylation is 2. The van der Waals surface area contributed by atoms with Crippen molar-refractivity contribution < 1.29 is 43.2 Å². The van der Waals surface area contributed by atoms with Gasteiger partial charge in [0, 0.05) is 37.6 Å². The summed E-state index contributed by atoms with van der Waals surface area (Å²) in [4.78, 5) is 7.20. The third kappa shape index (κ3) is 7.78. The van der Waals surface area contributed by atoms with E-state index in [1.165, 1.54) is 14.1 Å². The van der Waals surface area contributed by atoms with Crippen LogP contribution in [0, 0.1) is 0 Å². The zero-order valence-corrected chi connectivity index (χ0v) is 25.3. The van der Waals surface area contributed by atoms with E-state index in [1.54, 1.807) is 0 Å². The van der Waals surface area contributed by atoms with Gasteiger partial charge in [0.15, 0.2) is 11.4 Å². The van der Waals surface area contributed by atoms with Crippen molar-refractivity contribution in [2.45, 2.75) is 39.0 Å². The standard InChI is InChI=1S/C10H9ClF3N3O2S2.C9H7ClF3N3O2S2/c1-5(21(18,19)9-15-3-7(11)20-9)6-4-17(2)16-8(6)10(12,13)14;1-16-3-5(7(15-16)9(11,12)13)4-20(17,18)8-14-2-6(10)19-8/h3-5H,1-2H3;2-3H,4H2,1H3. The molecule has 4 aromatic heterocycles. The minimum Gasteiger partial charge on any atom is -0.275 e. The summed E-state index contributed by atoms with van der Waals surface area (Å²) in [5.74, 6) is -0.834. The molecule has 0 aliphatic carbocycles. The van der Waals surface area contributed by atoms with Gasteiger partial charge in [-0.05, 0) is 6.92 Å². The van der Waals surface area contributed by atoms with Crippen LogP contribution in [0.3, 0.4) is 0 Å². The van der Waals surface area contributed by atoms with E-state index in [0.717, 1.165) is 41.1 Å². The van der Waals surface area contributed by atoms with Gasteiger partial charge in [0.05, 0.1) is 23.4 Å². The number of nitrogens with zero attached hydrogens (tertiary/aromatic N) is 6. The molecule has 4 heterocycles. The lowest BCUT2D eigenvalue weighted by atomic mass is 10.2. The Morgan fingerprint density at radius 3 is 1.76 bits per heavy atom. The smallest absolute Gasteiger partial charge is 0.275 e. The second-order valence-corrected chi connectivity index (χ2v) is 16.0. The average Bonchev–Trinajstić information content (AvgIpc) is 3.60. The van der Waals surface area contributed by atoms with Crippen LogP contribution < -0.4 is 0 Å². The molecule has 22 heteroatoms. The maximum absolute atomic E-state index is 12.9. The minimum atomic E-state index is -4.74. The largest absolute Gasteiger partial charge is 0.435 e. The number of rotatable bonds is 6. The Morgan fingerprint density at radius 1 is 0.829 bits per heavy atom. The Bertz CT molecular complexity index is 1760. The SMILES string of the molecule is CC(c1cn(C)nc1C(F)(F)F)S(=O)(=O)c1ncc(Cl)s1.Cn1cc(CS(=O)(=O)c2ncc(Cl)s2)c(C(F)(F)F)n1. The summed E-state index contributed by atoms with van der Waals surface area (Å²) in [6.45, 7) is 1.16. The zero-order chi connectivity index (χ0) is 31.1. The first-order valence-corrected chi connectivity index (χ1v) is 16.1. The van der Waals surface area contributed by atoms with Gasteiger partial charge in [0.2, 0.25) is 28.4 Å². The van der Waals surface area contributed by atoms with Crippen molar-refractivity contribution in [3.05, 3.63) is 56.0 Å². The third-order valence-corrected chi connectivity index (χ3v) is 11.9. The fraction of sp³-hybridized carbons (Fsp3) is 0.368. The number of aromatic nitrogens is 6. The first-order chi connectivity index (χ1) is 18.6. The van der Waals surface area contributed by atoms with Gasteiger partial charge < -0.3 is 0 Å². The first kappa shape index (κ1) is 33.2. The molecule has 0 saturated carbocycles. The number of hydrogen-bond acceptors (Lipinski definition) is 10. The molecule has 0 aliphatic rings. The minimum absolute atomic E-state index is 0.142. The van der Waals surface area contributed by atoms with Crippen LogP contribution in [0.1, 0.15) is 34.7 Å². The monoisotopic (exact) mass is 704 g/mol. The second-order valence-electron chi connectivity index (χ2n) is 8.09. The molecule has 1 unspecified atom stereocenters. The third-order valence-electron chi connectivity index (χ3n) is 4.97. The molecular formula is C19H16Cl2F6N6O4S4. The number of sulfone groups is 2. The normalized spacial score (nSPS) is 13.6. The Balaban J connectivity index is 0.000000226. The van der Waals surface area contributed by atoms with E-state index in [1.807, 2.05) is 0 Å². The van der Waals surface area contributed by atoms with Crippen molar-refractivity contribution in [3.63, 3.8) is 0 Å². The topological polar surface area (TPSA) is 130 Å². The highest BCUT2D eigenvalue weighted by molar-refractivity contribution is 7.93. The van der Waals surface area contributed by atoms with Gasteiger partial charge in [-0.3, -0.25) is 9.36 Å². The molecule has 0 amide bonds. The molecule has 0 N–H and O–H groups in total. The van der Waals surface area contributed by atoms with Crippen molar-refractivity contribution >= 4 is 65.5 Å². The molecule has 0 aliphatic heterocycles. The highest BCUT2D eigenvalue weighted by Crippen LogP contribution is 2.39. The molecule has 4 rings (SSSR count). The van der Waals surface area contributed by atoms with E-state index >= 15 is 0 Å². The van der Waals surface area contributed by atoms with Crippen LogP contribution in [-0.4, -0.2) is 46.4 Å². The fourth-order valence-corrected chi connectivity index (χ4v) is 8.90. The maximum Gasteiger partial charge on any atom is 0.435 e. The molecular weight excluding hydrogens is 689 g/mol. The van der Waals surface area contributed by atoms with Crippen LogP contribution in [0.15, 0.2) is 33.5 Å². The average molecular weight is 706 g/mol. The maximum atomic E-state index is 12.9. The summed E-state index contributed by atoms with van der Waals surface area (Å²) in [6, 6.07) is 0. The number of alkyl halides is 6. The summed E-state index contributed by atoms with van der Waals surface area (Å²) >= 11 is 12.6. The molecule has 10 nitrogen and oxygen atoms in total. The van der Waals surface area contributed by atoms with Gasteiger partial charge in [-0.15, -0.1) is 0 Å². The van der Waals surface area contributed by atoms with Crippen molar-refractivity contribution in [1.82, 2.24) is 29.5 Å². The highest BCUT2D eigenvalue weighted by atomic mass is 35.5. The van der Waals surface area contributed by atoms with Gasteiger partial charge >= 0.3 is 12.4 Å². The number of hydrogen-bond donors (Lipinski definition) is 0. The summed E-state index contributed by atoms with van der Waals surface area (Å²) in [6.07, 6.45) is -5.11. The lowest BCUT2D eigenvalue weighted by molar-refractivity contribution is -0.142. The molecule has 0 aromatic carbocycles. The van der Waals surface area contributed by atoms with E-state index in [2.05, 4.69) is 20.2 Å². The summed E-state index contributed by atoms with van der Waals surface area (Å²) in [5.41, 5.74) is -3.28. The van der Waals surface area contributed by atoms with Gasteiger partial charge in [0.1, 0.15) is 8.67 Å². The van der Waals surface area contributed by atoms with Crippen molar-refractivity contribution in [3.8, 4) is 0 Å².